The van der Waals surface area contributed by atoms with Crippen molar-refractivity contribution in [2.45, 2.75) is 13.8 Å². The predicted molar refractivity (Wildman–Crippen MR) is 101 cm³/mol. The zero-order chi connectivity index (χ0) is 18.0. The first-order chi connectivity index (χ1) is 11.9. The summed E-state index contributed by atoms with van der Waals surface area (Å²) in [6.07, 6.45) is 0. The lowest BCUT2D eigenvalue weighted by Crippen LogP contribution is -2.12. The number of nitrogens with zero attached hydrogens (tertiary/aromatic N) is 3. The molecule has 0 saturated heterocycles. The van der Waals surface area contributed by atoms with Crippen molar-refractivity contribution >= 4 is 57.2 Å². The van der Waals surface area contributed by atoms with Crippen LogP contribution >= 0.6 is 34.5 Å². The van der Waals surface area contributed by atoms with Crippen LogP contribution in [0.3, 0.4) is 0 Å². The Morgan fingerprint density at radius 2 is 1.76 bits per heavy atom. The third kappa shape index (κ3) is 4.45. The van der Waals surface area contributed by atoms with Gasteiger partial charge in [-0.3, -0.25) is 4.79 Å². The third-order valence-electron chi connectivity index (χ3n) is 3.12. The topological polar surface area (TPSA) is 79.8 Å². The van der Waals surface area contributed by atoms with Gasteiger partial charge in [0.05, 0.1) is 10.0 Å². The van der Waals surface area contributed by atoms with Crippen LogP contribution in [0, 0.1) is 13.8 Å². The molecular formula is C16H13Cl2N5OS. The molecule has 1 aromatic carbocycles. The number of rotatable bonds is 4. The van der Waals surface area contributed by atoms with Gasteiger partial charge in [-0.15, -0.1) is 11.3 Å². The molecule has 1 amide bonds. The largest absolute Gasteiger partial charge is 0.321 e. The van der Waals surface area contributed by atoms with E-state index in [0.29, 0.717) is 26.8 Å². The molecule has 0 unspecified atom stereocenters. The van der Waals surface area contributed by atoms with E-state index in [0.717, 1.165) is 11.4 Å². The summed E-state index contributed by atoms with van der Waals surface area (Å²) >= 11 is 13.1. The first-order valence-corrected chi connectivity index (χ1v) is 8.85. The highest BCUT2D eigenvalue weighted by Crippen LogP contribution is 2.26. The van der Waals surface area contributed by atoms with Crippen LogP contribution in [0.25, 0.3) is 0 Å². The van der Waals surface area contributed by atoms with Crippen molar-refractivity contribution in [1.29, 1.82) is 0 Å². The van der Waals surface area contributed by atoms with E-state index in [-0.39, 0.29) is 11.6 Å². The second kappa shape index (κ2) is 7.35. The molecule has 0 radical (unpaired) electrons. The van der Waals surface area contributed by atoms with E-state index < -0.39 is 0 Å². The number of hydrogen-bond acceptors (Lipinski definition) is 6. The van der Waals surface area contributed by atoms with Gasteiger partial charge >= 0.3 is 0 Å². The van der Waals surface area contributed by atoms with Crippen molar-refractivity contribution in [2.24, 2.45) is 0 Å². The van der Waals surface area contributed by atoms with E-state index >= 15 is 0 Å². The number of carbonyl (C=O) groups excluding carboxylic acids is 1. The Balaban J connectivity index is 1.71. The van der Waals surface area contributed by atoms with E-state index in [9.17, 15) is 4.79 Å². The van der Waals surface area contributed by atoms with Crippen molar-refractivity contribution < 1.29 is 4.79 Å². The van der Waals surface area contributed by atoms with Gasteiger partial charge < -0.3 is 10.6 Å². The second-order valence-corrected chi connectivity index (χ2v) is 6.89. The Morgan fingerprint density at radius 3 is 2.44 bits per heavy atom. The maximum absolute atomic E-state index is 12.3. The van der Waals surface area contributed by atoms with Gasteiger partial charge in [0.15, 0.2) is 5.13 Å². The molecule has 9 heteroatoms. The van der Waals surface area contributed by atoms with Crippen LogP contribution in [0.4, 0.5) is 16.8 Å². The first-order valence-electron chi connectivity index (χ1n) is 7.22. The number of carbonyl (C=O) groups is 1. The van der Waals surface area contributed by atoms with Crippen LogP contribution in [0.5, 0.6) is 0 Å². The maximum Gasteiger partial charge on any atom is 0.275 e. The lowest BCUT2D eigenvalue weighted by atomic mass is 10.3. The Bertz CT molecular complexity index is 924. The van der Waals surface area contributed by atoms with Crippen molar-refractivity contribution in [3.63, 3.8) is 0 Å². The molecule has 0 bridgehead atoms. The van der Waals surface area contributed by atoms with Crippen LogP contribution in [-0.2, 0) is 0 Å². The summed E-state index contributed by atoms with van der Waals surface area (Å²) < 4.78 is 0. The number of benzene rings is 1. The molecule has 2 N–H and O–H groups in total. The number of thiazole rings is 1. The third-order valence-corrected chi connectivity index (χ3v) is 4.61. The van der Waals surface area contributed by atoms with Crippen molar-refractivity contribution in [3.8, 4) is 0 Å². The maximum atomic E-state index is 12.3. The molecule has 3 aromatic rings. The fourth-order valence-electron chi connectivity index (χ4n) is 2.08. The summed E-state index contributed by atoms with van der Waals surface area (Å²) in [5.74, 6) is 0.104. The van der Waals surface area contributed by atoms with Gasteiger partial charge in [0.1, 0.15) is 5.69 Å². The van der Waals surface area contributed by atoms with E-state index in [4.69, 9.17) is 23.2 Å². The quantitative estimate of drug-likeness (QED) is 0.661. The molecule has 0 aliphatic heterocycles. The Morgan fingerprint density at radius 1 is 1.04 bits per heavy atom. The predicted octanol–water partition coefficient (Wildman–Crippen LogP) is 4.85. The monoisotopic (exact) mass is 393 g/mol. The summed E-state index contributed by atoms with van der Waals surface area (Å²) in [4.78, 5) is 25.1. The van der Waals surface area contributed by atoms with Crippen LogP contribution in [0.1, 0.15) is 21.9 Å². The van der Waals surface area contributed by atoms with Gasteiger partial charge in [-0.1, -0.05) is 23.2 Å². The summed E-state index contributed by atoms with van der Waals surface area (Å²) in [5.41, 5.74) is 2.52. The van der Waals surface area contributed by atoms with Crippen LogP contribution in [0.2, 0.25) is 10.0 Å². The van der Waals surface area contributed by atoms with Crippen molar-refractivity contribution in [2.75, 3.05) is 10.6 Å². The van der Waals surface area contributed by atoms with Crippen LogP contribution in [-0.4, -0.2) is 20.9 Å². The summed E-state index contributed by atoms with van der Waals surface area (Å²) in [7, 11) is 0. The van der Waals surface area contributed by atoms with Gasteiger partial charge in [0, 0.05) is 22.5 Å². The SMILES string of the molecule is Cc1cc(C)nc(Nc2nc(C(=O)Nc3ccc(Cl)c(Cl)c3)cs2)n1. The molecule has 2 heterocycles. The minimum atomic E-state index is -0.343. The van der Waals surface area contributed by atoms with Crippen LogP contribution in [0.15, 0.2) is 29.6 Å². The summed E-state index contributed by atoms with van der Waals surface area (Å²) in [6, 6.07) is 6.74. The molecule has 0 saturated carbocycles. The highest BCUT2D eigenvalue weighted by Gasteiger charge is 2.13. The molecule has 0 aliphatic rings. The lowest BCUT2D eigenvalue weighted by molar-refractivity contribution is 0.102. The van der Waals surface area contributed by atoms with E-state index in [1.807, 2.05) is 19.9 Å². The van der Waals surface area contributed by atoms with Gasteiger partial charge in [0.25, 0.3) is 5.91 Å². The molecule has 0 fully saturated rings. The normalized spacial score (nSPS) is 10.6. The molecule has 0 atom stereocenters. The minimum absolute atomic E-state index is 0.281. The minimum Gasteiger partial charge on any atom is -0.321 e. The second-order valence-electron chi connectivity index (χ2n) is 5.22. The standard InChI is InChI=1S/C16H13Cl2N5OS/c1-8-5-9(2)20-15(19-8)23-16-22-13(7-25-16)14(24)21-10-3-4-11(17)12(18)6-10/h3-7H,1-2H3,(H,21,24)(H,19,20,22,23). The average molecular weight is 394 g/mol. The van der Waals surface area contributed by atoms with Gasteiger partial charge in [-0.2, -0.15) is 0 Å². The molecule has 128 valence electrons. The number of nitrogens with one attached hydrogen (secondary N) is 2. The molecule has 2 aromatic heterocycles. The molecule has 25 heavy (non-hydrogen) atoms. The zero-order valence-corrected chi connectivity index (χ0v) is 15.6. The highest BCUT2D eigenvalue weighted by molar-refractivity contribution is 7.14. The number of anilines is 3. The van der Waals surface area contributed by atoms with Crippen LogP contribution < -0.4 is 10.6 Å². The Kier molecular flexibility index (Phi) is 5.17. The molecule has 6 nitrogen and oxygen atoms in total. The van der Waals surface area contributed by atoms with Gasteiger partial charge in [-0.05, 0) is 38.1 Å². The molecule has 3 rings (SSSR count). The molecular weight excluding hydrogens is 381 g/mol. The number of aryl methyl sites for hydroxylation is 2. The fourth-order valence-corrected chi connectivity index (χ4v) is 3.06. The Hall–Kier alpha value is -2.22. The highest BCUT2D eigenvalue weighted by atomic mass is 35.5. The zero-order valence-electron chi connectivity index (χ0n) is 13.3. The smallest absolute Gasteiger partial charge is 0.275 e. The number of aromatic nitrogens is 3. The van der Waals surface area contributed by atoms with E-state index in [1.165, 1.54) is 11.3 Å². The lowest BCUT2D eigenvalue weighted by Gasteiger charge is -2.05. The molecule has 0 spiro atoms. The van der Waals surface area contributed by atoms with Crippen molar-refractivity contribution in [3.05, 3.63) is 56.8 Å². The number of halogens is 2. The number of amides is 1. The Labute approximate surface area is 158 Å². The van der Waals surface area contributed by atoms with E-state index in [1.54, 1.807) is 23.6 Å². The summed E-state index contributed by atoms with van der Waals surface area (Å²) in [6.45, 7) is 3.77. The average Bonchev–Trinajstić information content (AvgIpc) is 2.98. The van der Waals surface area contributed by atoms with Gasteiger partial charge in [-0.25, -0.2) is 15.0 Å². The van der Waals surface area contributed by atoms with Gasteiger partial charge in [0.2, 0.25) is 5.95 Å². The van der Waals surface area contributed by atoms with E-state index in [2.05, 4.69) is 25.6 Å². The molecule has 0 aliphatic carbocycles. The first kappa shape index (κ1) is 17.6. The number of hydrogen-bond donors (Lipinski definition) is 2. The fraction of sp³-hybridized carbons (Fsp3) is 0.125. The van der Waals surface area contributed by atoms with Crippen molar-refractivity contribution in [1.82, 2.24) is 15.0 Å². The summed E-state index contributed by atoms with van der Waals surface area (Å²) in [5, 5.41) is 8.71.